The lowest BCUT2D eigenvalue weighted by Crippen LogP contribution is -2.40. The first-order valence-electron chi connectivity index (χ1n) is 15.2. The summed E-state index contributed by atoms with van der Waals surface area (Å²) in [4.78, 5) is 9.86. The molecule has 0 spiro atoms. The molecule has 0 amide bonds. The molecular weight excluding hydrogens is 534 g/mol. The van der Waals surface area contributed by atoms with E-state index in [1.165, 1.54) is 38.3 Å². The van der Waals surface area contributed by atoms with Gasteiger partial charge in [-0.2, -0.15) is 0 Å². The molecule has 3 nitrogen and oxygen atoms in total. The molecule has 0 saturated heterocycles. The van der Waals surface area contributed by atoms with Crippen molar-refractivity contribution >= 4 is 22.6 Å². The second-order valence-corrected chi connectivity index (χ2v) is 11.5. The van der Waals surface area contributed by atoms with Crippen LogP contribution in [-0.4, -0.2) is 10.8 Å². The highest BCUT2D eigenvalue weighted by Gasteiger charge is 2.27. The van der Waals surface area contributed by atoms with E-state index in [4.69, 9.17) is 4.99 Å². The van der Waals surface area contributed by atoms with Crippen molar-refractivity contribution in [1.82, 2.24) is 10.3 Å². The Morgan fingerprint density at radius 2 is 1.39 bits per heavy atom. The number of nitrogens with zero attached hydrogens (tertiary/aromatic N) is 2. The van der Waals surface area contributed by atoms with Crippen LogP contribution in [0.1, 0.15) is 23.6 Å². The largest absolute Gasteiger partial charge is 0.346 e. The highest BCUT2D eigenvalue weighted by molar-refractivity contribution is 6.19. The Morgan fingerprint density at radius 1 is 0.636 bits per heavy atom. The fourth-order valence-corrected chi connectivity index (χ4v) is 6.63. The zero-order chi connectivity index (χ0) is 29.3. The first kappa shape index (κ1) is 26.1. The van der Waals surface area contributed by atoms with Crippen LogP contribution in [0, 0.1) is 5.92 Å². The zero-order valence-electron chi connectivity index (χ0n) is 24.3. The van der Waals surface area contributed by atoms with E-state index in [0.29, 0.717) is 5.92 Å². The quantitative estimate of drug-likeness (QED) is 0.238. The molecule has 1 aliphatic heterocycles. The average molecular weight is 566 g/mol. The number of fused-ring (bicyclic) bond motifs is 2. The first-order chi connectivity index (χ1) is 21.8. The lowest BCUT2D eigenvalue weighted by atomic mass is 9.81. The summed E-state index contributed by atoms with van der Waals surface area (Å²) in [7, 11) is 0. The molecule has 44 heavy (non-hydrogen) atoms. The van der Waals surface area contributed by atoms with Gasteiger partial charge in [-0.05, 0) is 62.4 Å². The fourth-order valence-electron chi connectivity index (χ4n) is 6.63. The van der Waals surface area contributed by atoms with Gasteiger partial charge >= 0.3 is 0 Å². The zero-order valence-corrected chi connectivity index (χ0v) is 24.3. The number of rotatable bonds is 5. The van der Waals surface area contributed by atoms with Crippen molar-refractivity contribution in [2.45, 2.75) is 12.5 Å². The van der Waals surface area contributed by atoms with Gasteiger partial charge in [-0.1, -0.05) is 127 Å². The molecule has 5 aromatic rings. The van der Waals surface area contributed by atoms with E-state index in [-0.39, 0.29) is 6.04 Å². The van der Waals surface area contributed by atoms with Gasteiger partial charge < -0.3 is 5.32 Å². The van der Waals surface area contributed by atoms with Crippen molar-refractivity contribution < 1.29 is 0 Å². The van der Waals surface area contributed by atoms with Crippen molar-refractivity contribution in [3.05, 3.63) is 180 Å². The van der Waals surface area contributed by atoms with E-state index in [0.717, 1.165) is 34.5 Å². The fraction of sp³-hybridized carbons (Fsp3) is 0.0732. The van der Waals surface area contributed by atoms with Gasteiger partial charge in [-0.3, -0.25) is 9.98 Å². The predicted octanol–water partition coefficient (Wildman–Crippen LogP) is 7.65. The SMILES string of the molecule is C1=CC2=c3ccccc3=C(C3=NC(c4ccc(-c5ccccc5)cc4)C(c4cccc(-c5cccnc5)c4)=CN3)CC2C=C1. The molecule has 0 radical (unpaired) electrons. The molecule has 2 aliphatic carbocycles. The molecule has 3 aliphatic rings. The summed E-state index contributed by atoms with van der Waals surface area (Å²) in [5.74, 6) is 1.29. The van der Waals surface area contributed by atoms with Crippen LogP contribution in [0.3, 0.4) is 0 Å². The van der Waals surface area contributed by atoms with Gasteiger partial charge in [0.1, 0.15) is 11.9 Å². The molecule has 3 heteroatoms. The highest BCUT2D eigenvalue weighted by Crippen LogP contribution is 2.38. The molecule has 2 atom stereocenters. The Labute approximate surface area is 257 Å². The lowest BCUT2D eigenvalue weighted by molar-refractivity contribution is 0.839. The summed E-state index contributed by atoms with van der Waals surface area (Å²) >= 11 is 0. The Bertz CT molecular complexity index is 2100. The highest BCUT2D eigenvalue weighted by atomic mass is 15.0. The standard InChI is InChI=1S/C41H31N3/c1-2-10-28(11-3-1)29-19-21-30(22-20-29)40-39(32-14-8-13-31(24-32)34-15-9-23-42-26-34)27-43-41(44-40)38-25-33-12-4-5-16-35(33)36-17-6-7-18-37(36)38/h1-24,26-27,33,40H,25H2,(H,43,44). The molecule has 1 N–H and O–H groups in total. The number of amidine groups is 1. The van der Waals surface area contributed by atoms with Crippen molar-refractivity contribution in [3.63, 3.8) is 0 Å². The van der Waals surface area contributed by atoms with Crippen LogP contribution in [0.25, 0.3) is 39.0 Å². The normalized spacial score (nSPS) is 18.5. The number of hydrogen-bond acceptors (Lipinski definition) is 3. The van der Waals surface area contributed by atoms with E-state index in [2.05, 4.69) is 150 Å². The maximum Gasteiger partial charge on any atom is 0.129 e. The molecule has 210 valence electrons. The van der Waals surface area contributed by atoms with E-state index in [9.17, 15) is 0 Å². The Balaban J connectivity index is 1.25. The summed E-state index contributed by atoms with van der Waals surface area (Å²) < 4.78 is 0. The van der Waals surface area contributed by atoms with Gasteiger partial charge in [0.2, 0.25) is 0 Å². The summed E-state index contributed by atoms with van der Waals surface area (Å²) in [6.45, 7) is 0. The monoisotopic (exact) mass is 565 g/mol. The van der Waals surface area contributed by atoms with Gasteiger partial charge in [0.25, 0.3) is 0 Å². The average Bonchev–Trinajstić information content (AvgIpc) is 3.12. The summed E-state index contributed by atoms with van der Waals surface area (Å²) in [5.41, 5.74) is 10.8. The maximum atomic E-state index is 5.51. The molecule has 1 aromatic heterocycles. The van der Waals surface area contributed by atoms with E-state index in [1.807, 2.05) is 18.5 Å². The smallest absolute Gasteiger partial charge is 0.129 e. The molecule has 0 saturated carbocycles. The number of allylic oxidation sites excluding steroid dienone is 4. The summed E-state index contributed by atoms with van der Waals surface area (Å²) in [6, 6.07) is 40.8. The minimum absolute atomic E-state index is 0.160. The van der Waals surface area contributed by atoms with E-state index in [1.54, 1.807) is 0 Å². The third kappa shape index (κ3) is 4.83. The number of aromatic nitrogens is 1. The van der Waals surface area contributed by atoms with Crippen LogP contribution >= 0.6 is 0 Å². The molecular formula is C41H31N3. The van der Waals surface area contributed by atoms with Crippen molar-refractivity contribution in [2.24, 2.45) is 10.9 Å². The Morgan fingerprint density at radius 3 is 2.23 bits per heavy atom. The molecule has 2 unspecified atom stereocenters. The number of benzene rings is 4. The first-order valence-corrected chi connectivity index (χ1v) is 15.2. The van der Waals surface area contributed by atoms with Crippen LogP contribution in [0.2, 0.25) is 0 Å². The number of aliphatic imine (C=N–C) groups is 1. The molecule has 0 fully saturated rings. The van der Waals surface area contributed by atoms with Gasteiger partial charge in [0.15, 0.2) is 0 Å². The number of hydrogen-bond donors (Lipinski definition) is 1. The van der Waals surface area contributed by atoms with Crippen LogP contribution < -0.4 is 15.8 Å². The van der Waals surface area contributed by atoms with Crippen molar-refractivity contribution in [1.29, 1.82) is 0 Å². The predicted molar refractivity (Wildman–Crippen MR) is 182 cm³/mol. The Kier molecular flexibility index (Phi) is 6.69. The molecule has 0 bridgehead atoms. The van der Waals surface area contributed by atoms with Crippen LogP contribution in [-0.2, 0) is 0 Å². The van der Waals surface area contributed by atoms with Gasteiger partial charge in [-0.25, -0.2) is 0 Å². The second-order valence-electron chi connectivity index (χ2n) is 11.5. The van der Waals surface area contributed by atoms with Crippen LogP contribution in [0.5, 0.6) is 0 Å². The van der Waals surface area contributed by atoms with E-state index < -0.39 is 0 Å². The minimum Gasteiger partial charge on any atom is -0.346 e. The minimum atomic E-state index is -0.160. The molecule has 2 heterocycles. The third-order valence-electron chi connectivity index (χ3n) is 8.84. The van der Waals surface area contributed by atoms with Gasteiger partial charge in [0.05, 0.1) is 0 Å². The molecule has 8 rings (SSSR count). The van der Waals surface area contributed by atoms with Gasteiger partial charge in [-0.15, -0.1) is 0 Å². The number of nitrogens with one attached hydrogen (secondary N) is 1. The topological polar surface area (TPSA) is 37.3 Å². The summed E-state index contributed by atoms with van der Waals surface area (Å²) in [6.07, 6.45) is 15.7. The van der Waals surface area contributed by atoms with Crippen LogP contribution in [0.4, 0.5) is 0 Å². The third-order valence-corrected chi connectivity index (χ3v) is 8.84. The maximum absolute atomic E-state index is 5.51. The van der Waals surface area contributed by atoms with Gasteiger partial charge in [0, 0.05) is 41.2 Å². The van der Waals surface area contributed by atoms with Crippen LogP contribution in [0.15, 0.2) is 163 Å². The lowest BCUT2D eigenvalue weighted by Gasteiger charge is -2.29. The Hall–Kier alpha value is -5.54. The van der Waals surface area contributed by atoms with Crippen molar-refractivity contribution in [2.75, 3.05) is 0 Å². The number of pyridine rings is 1. The van der Waals surface area contributed by atoms with Crippen molar-refractivity contribution in [3.8, 4) is 22.3 Å². The second kappa shape index (κ2) is 11.3. The molecule has 4 aromatic carbocycles. The van der Waals surface area contributed by atoms with E-state index >= 15 is 0 Å². The summed E-state index contributed by atoms with van der Waals surface area (Å²) in [5, 5.41) is 6.22.